The van der Waals surface area contributed by atoms with Crippen molar-refractivity contribution in [3.8, 4) is 11.1 Å². The zero-order valence-electron chi connectivity index (χ0n) is 12.1. The molecule has 0 aliphatic heterocycles. The lowest BCUT2D eigenvalue weighted by Gasteiger charge is -2.16. The Labute approximate surface area is 147 Å². The van der Waals surface area contributed by atoms with Gasteiger partial charge in [0.1, 0.15) is 5.82 Å². The van der Waals surface area contributed by atoms with Gasteiger partial charge in [-0.05, 0) is 58.3 Å². The van der Waals surface area contributed by atoms with Crippen LogP contribution in [0.25, 0.3) is 11.1 Å². The third-order valence-corrected chi connectivity index (χ3v) is 6.07. The lowest BCUT2D eigenvalue weighted by Crippen LogP contribution is -2.12. The quantitative estimate of drug-likeness (QED) is 0.654. The standard InChI is InChI=1S/C17H12BrFO2S2/c1-10-2-7-13(15(8-10)23(20)21)17-14(9-16(18)22-17)11-3-5-12(19)6-4-11/h2-9,13H,1H3. The van der Waals surface area contributed by atoms with Crippen LogP contribution in [0.5, 0.6) is 0 Å². The molecule has 1 heterocycles. The molecule has 2 aromatic rings. The summed E-state index contributed by atoms with van der Waals surface area (Å²) in [6.45, 7) is 1.87. The molecule has 1 aliphatic rings. The highest BCUT2D eigenvalue weighted by Crippen LogP contribution is 2.41. The summed E-state index contributed by atoms with van der Waals surface area (Å²) in [6, 6.07) is 8.16. The van der Waals surface area contributed by atoms with Gasteiger partial charge in [0.15, 0.2) is 0 Å². The highest BCUT2D eigenvalue weighted by Gasteiger charge is 2.24. The van der Waals surface area contributed by atoms with Crippen molar-refractivity contribution in [2.45, 2.75) is 12.8 Å². The Morgan fingerprint density at radius 2 is 1.91 bits per heavy atom. The van der Waals surface area contributed by atoms with E-state index < -0.39 is 10.3 Å². The van der Waals surface area contributed by atoms with Gasteiger partial charge in [0.05, 0.1) is 14.6 Å². The Kier molecular flexibility index (Phi) is 4.66. The van der Waals surface area contributed by atoms with Crippen molar-refractivity contribution >= 4 is 42.4 Å². The maximum atomic E-state index is 13.2. The van der Waals surface area contributed by atoms with Crippen LogP contribution in [-0.4, -0.2) is 13.3 Å². The monoisotopic (exact) mass is 410 g/mol. The summed E-state index contributed by atoms with van der Waals surface area (Å²) in [4.78, 5) is 1.27. The van der Waals surface area contributed by atoms with E-state index in [9.17, 15) is 12.8 Å². The Hall–Kier alpha value is -1.50. The summed E-state index contributed by atoms with van der Waals surface area (Å²) in [6.07, 6.45) is 5.50. The van der Waals surface area contributed by atoms with Gasteiger partial charge in [-0.2, -0.15) is 8.42 Å². The number of thiophene rings is 1. The summed E-state index contributed by atoms with van der Waals surface area (Å²) in [7, 11) is -2.29. The molecule has 118 valence electrons. The van der Waals surface area contributed by atoms with Gasteiger partial charge in [-0.25, -0.2) is 4.39 Å². The fourth-order valence-corrected chi connectivity index (χ4v) is 5.05. The van der Waals surface area contributed by atoms with E-state index in [-0.39, 0.29) is 11.7 Å². The first-order valence-electron chi connectivity index (χ1n) is 6.83. The third kappa shape index (κ3) is 3.39. The third-order valence-electron chi connectivity index (χ3n) is 3.59. The average Bonchev–Trinajstić information content (AvgIpc) is 2.89. The minimum atomic E-state index is -2.29. The fourth-order valence-electron chi connectivity index (χ4n) is 2.53. The molecule has 0 saturated heterocycles. The highest BCUT2D eigenvalue weighted by atomic mass is 79.9. The van der Waals surface area contributed by atoms with Crippen LogP contribution in [0.2, 0.25) is 0 Å². The summed E-state index contributed by atoms with van der Waals surface area (Å²) < 4.78 is 37.3. The molecular formula is C17H12BrFO2S2. The number of allylic oxidation sites excluding steroid dienone is 4. The van der Waals surface area contributed by atoms with Crippen molar-refractivity contribution in [2.75, 3.05) is 0 Å². The lowest BCUT2D eigenvalue weighted by molar-refractivity contribution is 0.626. The number of hydrogen-bond donors (Lipinski definition) is 0. The molecule has 1 aromatic carbocycles. The molecular weight excluding hydrogens is 399 g/mol. The van der Waals surface area contributed by atoms with Gasteiger partial charge in [-0.15, -0.1) is 11.3 Å². The molecule has 0 N–H and O–H groups in total. The lowest BCUT2D eigenvalue weighted by atomic mass is 9.92. The van der Waals surface area contributed by atoms with Crippen molar-refractivity contribution in [1.29, 1.82) is 0 Å². The first kappa shape index (κ1) is 16.4. The van der Waals surface area contributed by atoms with Crippen LogP contribution < -0.4 is 0 Å². The average molecular weight is 411 g/mol. The number of rotatable bonds is 2. The second-order valence-corrected chi connectivity index (χ2v) is 8.60. The maximum absolute atomic E-state index is 13.2. The van der Waals surface area contributed by atoms with Crippen molar-refractivity contribution in [1.82, 2.24) is 0 Å². The largest absolute Gasteiger partial charge is 0.218 e. The van der Waals surface area contributed by atoms with Crippen LogP contribution in [0.4, 0.5) is 4.39 Å². The minimum Gasteiger partial charge on any atom is -0.207 e. The van der Waals surface area contributed by atoms with Crippen LogP contribution >= 0.6 is 27.3 Å². The SMILES string of the molecule is CC1=CC(=S(=O)=O)C(c2sc(Br)cc2-c2ccc(F)cc2)C=C1. The molecule has 0 saturated carbocycles. The first-order chi connectivity index (χ1) is 11.0. The van der Waals surface area contributed by atoms with Crippen LogP contribution in [0.1, 0.15) is 17.7 Å². The first-order valence-corrected chi connectivity index (χ1v) is 9.52. The molecule has 1 atom stereocenters. The molecule has 0 fully saturated rings. The normalized spacial score (nSPS) is 17.3. The van der Waals surface area contributed by atoms with Crippen LogP contribution in [0.3, 0.4) is 0 Å². The summed E-state index contributed by atoms with van der Waals surface area (Å²) in [5.74, 6) is -0.623. The van der Waals surface area contributed by atoms with Crippen molar-refractivity contribution in [3.05, 3.63) is 68.6 Å². The van der Waals surface area contributed by atoms with E-state index in [0.29, 0.717) is 4.86 Å². The van der Waals surface area contributed by atoms with E-state index in [1.54, 1.807) is 18.2 Å². The van der Waals surface area contributed by atoms with E-state index >= 15 is 0 Å². The molecule has 2 nitrogen and oxygen atoms in total. The van der Waals surface area contributed by atoms with E-state index in [2.05, 4.69) is 15.9 Å². The Morgan fingerprint density at radius 1 is 1.22 bits per heavy atom. The van der Waals surface area contributed by atoms with E-state index in [0.717, 1.165) is 25.4 Å². The molecule has 23 heavy (non-hydrogen) atoms. The van der Waals surface area contributed by atoms with Gasteiger partial charge in [-0.3, -0.25) is 0 Å². The fraction of sp³-hybridized carbons (Fsp3) is 0.118. The second-order valence-electron chi connectivity index (χ2n) is 5.20. The van der Waals surface area contributed by atoms with Gasteiger partial charge in [0.25, 0.3) is 0 Å². The van der Waals surface area contributed by atoms with Crippen molar-refractivity contribution in [3.63, 3.8) is 0 Å². The van der Waals surface area contributed by atoms with Gasteiger partial charge in [0.2, 0.25) is 10.3 Å². The minimum absolute atomic E-state index is 0.298. The van der Waals surface area contributed by atoms with E-state index in [4.69, 9.17) is 0 Å². The van der Waals surface area contributed by atoms with Gasteiger partial charge >= 0.3 is 0 Å². The van der Waals surface area contributed by atoms with Crippen molar-refractivity contribution in [2.24, 2.45) is 0 Å². The number of halogens is 2. The summed E-state index contributed by atoms with van der Waals surface area (Å²) in [5.41, 5.74) is 2.67. The number of hydrogen-bond acceptors (Lipinski definition) is 3. The highest BCUT2D eigenvalue weighted by molar-refractivity contribution is 9.11. The molecule has 0 spiro atoms. The Bertz CT molecular complexity index is 943. The molecule has 6 heteroatoms. The zero-order valence-corrected chi connectivity index (χ0v) is 15.3. The van der Waals surface area contributed by atoms with Crippen LogP contribution in [0.15, 0.2) is 57.9 Å². The zero-order chi connectivity index (χ0) is 16.6. The summed E-state index contributed by atoms with van der Waals surface area (Å²) in [5, 5.41) is 0. The smallest absolute Gasteiger partial charge is 0.207 e. The van der Waals surface area contributed by atoms with Gasteiger partial charge in [-0.1, -0.05) is 29.9 Å². The molecule has 1 aromatic heterocycles. The molecule has 3 rings (SSSR count). The van der Waals surface area contributed by atoms with Gasteiger partial charge in [0, 0.05) is 4.88 Å². The predicted molar refractivity (Wildman–Crippen MR) is 97.0 cm³/mol. The van der Waals surface area contributed by atoms with E-state index in [1.807, 2.05) is 25.1 Å². The molecule has 1 unspecified atom stereocenters. The summed E-state index contributed by atoms with van der Waals surface area (Å²) >= 11 is 4.96. The molecule has 0 amide bonds. The maximum Gasteiger partial charge on any atom is 0.218 e. The Balaban J connectivity index is 2.16. The van der Waals surface area contributed by atoms with Crippen LogP contribution in [-0.2, 0) is 10.3 Å². The number of benzene rings is 1. The molecule has 0 bridgehead atoms. The van der Waals surface area contributed by atoms with E-state index in [1.165, 1.54) is 23.5 Å². The van der Waals surface area contributed by atoms with Crippen LogP contribution in [0, 0.1) is 5.82 Å². The Morgan fingerprint density at radius 3 is 2.57 bits per heavy atom. The van der Waals surface area contributed by atoms with Crippen molar-refractivity contribution < 1.29 is 12.8 Å². The topological polar surface area (TPSA) is 34.1 Å². The molecule has 1 aliphatic carbocycles. The predicted octanol–water partition coefficient (Wildman–Crippen LogP) is 4.97. The van der Waals surface area contributed by atoms with Gasteiger partial charge < -0.3 is 0 Å². The second kappa shape index (κ2) is 6.55. The molecule has 0 radical (unpaired) electrons.